The zero-order chi connectivity index (χ0) is 18.8. The predicted octanol–water partition coefficient (Wildman–Crippen LogP) is 5.16. The molecule has 0 amide bonds. The van der Waals surface area contributed by atoms with Gasteiger partial charge in [-0.25, -0.2) is 0 Å². The van der Waals surface area contributed by atoms with E-state index >= 15 is 0 Å². The Hall–Kier alpha value is -1.43. The third-order valence-corrected chi connectivity index (χ3v) is 4.48. The SMILES string of the molecule is CC(C)c1ccc(Oc2c(Cl)cc(NCP(=O)(O)O)cc2Cl)c(O)c1. The fraction of sp³-hybridized carbons (Fsp3) is 0.250. The fourth-order valence-electron chi connectivity index (χ4n) is 2.04. The molecule has 0 saturated heterocycles. The molecule has 0 spiro atoms. The number of hydrogen-bond donors (Lipinski definition) is 4. The van der Waals surface area contributed by atoms with Crippen LogP contribution in [0, 0.1) is 0 Å². The van der Waals surface area contributed by atoms with E-state index < -0.39 is 13.9 Å². The van der Waals surface area contributed by atoms with Gasteiger partial charge in [-0.3, -0.25) is 4.57 Å². The zero-order valence-electron chi connectivity index (χ0n) is 13.5. The van der Waals surface area contributed by atoms with Crippen LogP contribution in [0.15, 0.2) is 30.3 Å². The summed E-state index contributed by atoms with van der Waals surface area (Å²) in [6.07, 6.45) is -0.544. The first kappa shape index (κ1) is 19.9. The van der Waals surface area contributed by atoms with Crippen molar-refractivity contribution < 1.29 is 24.2 Å². The van der Waals surface area contributed by atoms with Crippen molar-refractivity contribution in [2.45, 2.75) is 19.8 Å². The summed E-state index contributed by atoms with van der Waals surface area (Å²) in [6.45, 7) is 4.01. The molecule has 4 N–H and O–H groups in total. The van der Waals surface area contributed by atoms with Gasteiger partial charge in [-0.05, 0) is 35.7 Å². The first-order valence-corrected chi connectivity index (χ1v) is 9.90. The normalized spacial score (nSPS) is 11.6. The number of phenols is 1. The molecule has 0 saturated carbocycles. The Morgan fingerprint density at radius 2 is 1.76 bits per heavy atom. The standard InChI is InChI=1S/C16H18Cl2NO5P/c1-9(2)10-3-4-15(14(20)5-10)24-16-12(17)6-11(7-13(16)18)19-8-25(21,22)23/h3-7,9,19-20H,8H2,1-2H3,(H2,21,22,23). The van der Waals surface area contributed by atoms with E-state index in [9.17, 15) is 9.67 Å². The lowest BCUT2D eigenvalue weighted by Gasteiger charge is -2.15. The molecule has 0 bridgehead atoms. The maximum absolute atomic E-state index is 10.9. The Kier molecular flexibility index (Phi) is 6.25. The van der Waals surface area contributed by atoms with Gasteiger partial charge in [0.25, 0.3) is 0 Å². The number of nitrogens with one attached hydrogen (secondary N) is 1. The monoisotopic (exact) mass is 405 g/mol. The molecule has 136 valence electrons. The largest absolute Gasteiger partial charge is 0.504 e. The van der Waals surface area contributed by atoms with Crippen LogP contribution in [-0.4, -0.2) is 21.2 Å². The van der Waals surface area contributed by atoms with Crippen molar-refractivity contribution in [2.24, 2.45) is 0 Å². The molecule has 2 aromatic rings. The number of hydrogen-bond acceptors (Lipinski definition) is 4. The van der Waals surface area contributed by atoms with Crippen LogP contribution in [0.1, 0.15) is 25.3 Å². The van der Waals surface area contributed by atoms with Gasteiger partial charge in [-0.1, -0.05) is 43.1 Å². The Balaban J connectivity index is 2.24. The van der Waals surface area contributed by atoms with Crippen molar-refractivity contribution in [3.05, 3.63) is 45.9 Å². The number of phenolic OH excluding ortho intramolecular Hbond substituents is 1. The van der Waals surface area contributed by atoms with Crippen LogP contribution in [0.5, 0.6) is 17.2 Å². The van der Waals surface area contributed by atoms with Gasteiger partial charge in [-0.15, -0.1) is 0 Å². The van der Waals surface area contributed by atoms with E-state index in [1.807, 2.05) is 19.9 Å². The molecule has 0 atom stereocenters. The van der Waals surface area contributed by atoms with Crippen LogP contribution in [0.3, 0.4) is 0 Å². The minimum absolute atomic E-state index is 0.0398. The Labute approximate surface area is 155 Å². The van der Waals surface area contributed by atoms with Gasteiger partial charge >= 0.3 is 7.60 Å². The minimum atomic E-state index is -4.21. The fourth-order valence-corrected chi connectivity index (χ4v) is 3.00. The van der Waals surface area contributed by atoms with E-state index in [1.54, 1.807) is 12.1 Å². The smallest absolute Gasteiger partial charge is 0.344 e. The molecule has 0 heterocycles. The number of rotatable bonds is 6. The Bertz CT molecular complexity index is 799. The van der Waals surface area contributed by atoms with Crippen LogP contribution < -0.4 is 10.1 Å². The van der Waals surface area contributed by atoms with E-state index in [1.165, 1.54) is 12.1 Å². The van der Waals surface area contributed by atoms with Crippen LogP contribution >= 0.6 is 30.8 Å². The number of anilines is 1. The van der Waals surface area contributed by atoms with Gasteiger partial charge in [-0.2, -0.15) is 0 Å². The lowest BCUT2D eigenvalue weighted by atomic mass is 10.0. The highest BCUT2D eigenvalue weighted by atomic mass is 35.5. The topological polar surface area (TPSA) is 99.0 Å². The molecule has 25 heavy (non-hydrogen) atoms. The molecule has 2 rings (SSSR count). The maximum atomic E-state index is 10.9. The summed E-state index contributed by atoms with van der Waals surface area (Å²) in [6, 6.07) is 7.92. The number of ether oxygens (including phenoxy) is 1. The van der Waals surface area contributed by atoms with E-state index in [4.69, 9.17) is 37.7 Å². The molecule has 2 aromatic carbocycles. The second-order valence-corrected chi connectivity index (χ2v) is 8.21. The molecule has 0 aliphatic carbocycles. The van der Waals surface area contributed by atoms with E-state index in [0.29, 0.717) is 5.69 Å². The van der Waals surface area contributed by atoms with Crippen LogP contribution in [-0.2, 0) is 4.57 Å². The van der Waals surface area contributed by atoms with Crippen molar-refractivity contribution >= 4 is 36.5 Å². The van der Waals surface area contributed by atoms with Gasteiger partial charge < -0.3 is 24.9 Å². The minimum Gasteiger partial charge on any atom is -0.504 e. The van der Waals surface area contributed by atoms with Crippen LogP contribution in [0.25, 0.3) is 0 Å². The van der Waals surface area contributed by atoms with Crippen LogP contribution in [0.2, 0.25) is 10.0 Å². The van der Waals surface area contributed by atoms with Crippen LogP contribution in [0.4, 0.5) is 5.69 Å². The summed E-state index contributed by atoms with van der Waals surface area (Å²) < 4.78 is 16.5. The predicted molar refractivity (Wildman–Crippen MR) is 99.3 cm³/mol. The van der Waals surface area contributed by atoms with Crippen molar-refractivity contribution in [3.63, 3.8) is 0 Å². The Morgan fingerprint density at radius 3 is 2.24 bits per heavy atom. The molecule has 9 heteroatoms. The molecular weight excluding hydrogens is 388 g/mol. The quantitative estimate of drug-likeness (QED) is 0.495. The maximum Gasteiger partial charge on any atom is 0.344 e. The average molecular weight is 406 g/mol. The summed E-state index contributed by atoms with van der Waals surface area (Å²) in [5, 5.41) is 12.9. The first-order chi connectivity index (χ1) is 11.6. The highest BCUT2D eigenvalue weighted by molar-refractivity contribution is 7.51. The molecule has 0 aliphatic rings. The number of benzene rings is 2. The van der Waals surface area contributed by atoms with Crippen molar-refractivity contribution in [3.8, 4) is 17.2 Å². The van der Waals surface area contributed by atoms with Crippen molar-refractivity contribution in [1.29, 1.82) is 0 Å². The van der Waals surface area contributed by atoms with Gasteiger partial charge in [0.05, 0.1) is 10.0 Å². The molecule has 0 unspecified atom stereocenters. The lowest BCUT2D eigenvalue weighted by molar-refractivity contribution is 0.375. The Morgan fingerprint density at radius 1 is 1.16 bits per heavy atom. The first-order valence-electron chi connectivity index (χ1n) is 7.35. The molecule has 0 fully saturated rings. The third kappa shape index (κ3) is 5.53. The molecule has 0 radical (unpaired) electrons. The second-order valence-electron chi connectivity index (χ2n) is 5.75. The van der Waals surface area contributed by atoms with Crippen molar-refractivity contribution in [1.82, 2.24) is 0 Å². The van der Waals surface area contributed by atoms with E-state index in [2.05, 4.69) is 5.32 Å². The van der Waals surface area contributed by atoms with E-state index in [-0.39, 0.29) is 33.2 Å². The zero-order valence-corrected chi connectivity index (χ0v) is 15.9. The van der Waals surface area contributed by atoms with Gasteiger partial charge in [0, 0.05) is 5.69 Å². The highest BCUT2D eigenvalue weighted by Gasteiger charge is 2.16. The number of halogens is 2. The summed E-state index contributed by atoms with van der Waals surface area (Å²) in [5.74, 6) is 0.551. The number of aromatic hydroxyl groups is 1. The molecular formula is C16H18Cl2NO5P. The summed E-state index contributed by atoms with van der Waals surface area (Å²) in [5.41, 5.74) is 1.30. The second kappa shape index (κ2) is 7.85. The van der Waals surface area contributed by atoms with Gasteiger partial charge in [0.2, 0.25) is 0 Å². The van der Waals surface area contributed by atoms with Gasteiger partial charge in [0.15, 0.2) is 17.2 Å². The highest BCUT2D eigenvalue weighted by Crippen LogP contribution is 2.42. The summed E-state index contributed by atoms with van der Waals surface area (Å²) in [7, 11) is -4.21. The van der Waals surface area contributed by atoms with E-state index in [0.717, 1.165) is 5.56 Å². The molecule has 6 nitrogen and oxygen atoms in total. The lowest BCUT2D eigenvalue weighted by Crippen LogP contribution is -2.02. The van der Waals surface area contributed by atoms with Gasteiger partial charge in [0.1, 0.15) is 6.29 Å². The average Bonchev–Trinajstić information content (AvgIpc) is 2.49. The third-order valence-electron chi connectivity index (χ3n) is 3.35. The van der Waals surface area contributed by atoms with Crippen molar-refractivity contribution in [2.75, 3.05) is 11.6 Å². The molecule has 0 aromatic heterocycles. The summed E-state index contributed by atoms with van der Waals surface area (Å²) in [4.78, 5) is 17.8. The molecule has 0 aliphatic heterocycles. The summed E-state index contributed by atoms with van der Waals surface area (Å²) >= 11 is 12.3.